The maximum Gasteiger partial charge on any atom is 0.262 e. The van der Waals surface area contributed by atoms with Crippen LogP contribution in [-0.4, -0.2) is 76.0 Å². The zero-order valence-corrected chi connectivity index (χ0v) is 20.7. The molecule has 7 nitrogen and oxygen atoms in total. The van der Waals surface area contributed by atoms with Gasteiger partial charge in [-0.3, -0.25) is 24.0 Å². The van der Waals surface area contributed by atoms with E-state index < -0.39 is 0 Å². The predicted octanol–water partition coefficient (Wildman–Crippen LogP) is 3.20. The normalized spacial score (nSPS) is 18.6. The van der Waals surface area contributed by atoms with Crippen LogP contribution in [0.4, 0.5) is 0 Å². The molecule has 1 atom stereocenters. The van der Waals surface area contributed by atoms with Gasteiger partial charge in [0.25, 0.3) is 5.56 Å². The molecule has 180 valence electrons. The van der Waals surface area contributed by atoms with Gasteiger partial charge in [-0.05, 0) is 36.3 Å². The second-order valence-electron chi connectivity index (χ2n) is 9.31. The number of likely N-dealkylation sites (tertiary alicyclic amines) is 1. The van der Waals surface area contributed by atoms with Gasteiger partial charge in [0.15, 0.2) is 0 Å². The summed E-state index contributed by atoms with van der Waals surface area (Å²) in [5, 5.41) is 2.65. The van der Waals surface area contributed by atoms with Gasteiger partial charge < -0.3 is 4.90 Å². The van der Waals surface area contributed by atoms with E-state index in [1.165, 1.54) is 11.3 Å². The average Bonchev–Trinajstić information content (AvgIpc) is 3.56. The lowest BCUT2D eigenvalue weighted by Crippen LogP contribution is -2.51. The second kappa shape index (κ2) is 10.4. The van der Waals surface area contributed by atoms with Crippen molar-refractivity contribution in [2.24, 2.45) is 0 Å². The number of hydrogen-bond acceptors (Lipinski definition) is 6. The zero-order chi connectivity index (χ0) is 23.5. The van der Waals surface area contributed by atoms with E-state index in [-0.39, 0.29) is 17.5 Å². The van der Waals surface area contributed by atoms with Gasteiger partial charge in [-0.1, -0.05) is 37.3 Å². The Morgan fingerprint density at radius 3 is 2.47 bits per heavy atom. The SMILES string of the molecule is CCC(c1nc2sccc2c(=O)n1Cc1ccccc1)N1CCN(CC(=O)N2CCCC2)CC1. The summed E-state index contributed by atoms with van der Waals surface area (Å²) in [5.74, 6) is 1.12. The summed E-state index contributed by atoms with van der Waals surface area (Å²) < 4.78 is 1.88. The molecule has 0 radical (unpaired) electrons. The number of aromatic nitrogens is 2. The fourth-order valence-corrected chi connectivity index (χ4v) is 5.99. The number of carbonyl (C=O) groups excluding carboxylic acids is 1. The van der Waals surface area contributed by atoms with Crippen molar-refractivity contribution in [1.82, 2.24) is 24.3 Å². The van der Waals surface area contributed by atoms with E-state index in [1.54, 1.807) is 0 Å². The third-order valence-corrected chi connectivity index (χ3v) is 7.95. The summed E-state index contributed by atoms with van der Waals surface area (Å²) in [6.07, 6.45) is 3.14. The standard InChI is InChI=1S/C26H33N5O2S/c1-2-22(29-15-13-28(14-16-29)19-23(32)30-11-6-7-12-30)24-27-25-21(10-17-34-25)26(33)31(24)18-20-8-4-3-5-9-20/h3-5,8-10,17,22H,2,6-7,11-16,18-19H2,1H3. The molecule has 0 bridgehead atoms. The Hall–Kier alpha value is -2.55. The van der Waals surface area contributed by atoms with Crippen LogP contribution in [0.2, 0.25) is 0 Å². The molecule has 2 aromatic heterocycles. The third-order valence-electron chi connectivity index (χ3n) is 7.15. The third kappa shape index (κ3) is 4.80. The first-order valence-electron chi connectivity index (χ1n) is 12.4. The molecule has 1 unspecified atom stereocenters. The molecule has 3 aromatic rings. The number of thiophene rings is 1. The topological polar surface area (TPSA) is 61.7 Å². The molecule has 1 amide bonds. The number of piperazine rings is 1. The Labute approximate surface area is 204 Å². The Kier molecular flexibility index (Phi) is 7.08. The summed E-state index contributed by atoms with van der Waals surface area (Å²) >= 11 is 1.53. The van der Waals surface area contributed by atoms with Crippen molar-refractivity contribution in [3.05, 3.63) is 63.5 Å². The van der Waals surface area contributed by atoms with E-state index in [1.807, 2.05) is 39.1 Å². The minimum Gasteiger partial charge on any atom is -0.342 e. The fraction of sp³-hybridized carbons (Fsp3) is 0.500. The molecule has 0 spiro atoms. The largest absolute Gasteiger partial charge is 0.342 e. The van der Waals surface area contributed by atoms with Crippen LogP contribution in [0.25, 0.3) is 10.2 Å². The van der Waals surface area contributed by atoms with Gasteiger partial charge in [0.05, 0.1) is 24.5 Å². The molecule has 0 saturated carbocycles. The van der Waals surface area contributed by atoms with E-state index in [9.17, 15) is 9.59 Å². The molecule has 2 aliphatic rings. The summed E-state index contributed by atoms with van der Waals surface area (Å²) in [4.78, 5) is 38.6. The van der Waals surface area contributed by atoms with Crippen molar-refractivity contribution in [1.29, 1.82) is 0 Å². The summed E-state index contributed by atoms with van der Waals surface area (Å²) in [6, 6.07) is 12.1. The first-order valence-corrected chi connectivity index (χ1v) is 13.3. The monoisotopic (exact) mass is 479 g/mol. The van der Waals surface area contributed by atoms with Crippen molar-refractivity contribution < 1.29 is 4.79 Å². The summed E-state index contributed by atoms with van der Waals surface area (Å²) in [5.41, 5.74) is 1.14. The highest BCUT2D eigenvalue weighted by atomic mass is 32.1. The van der Waals surface area contributed by atoms with Crippen LogP contribution in [0.3, 0.4) is 0 Å². The van der Waals surface area contributed by atoms with E-state index in [0.717, 1.165) is 74.7 Å². The minimum absolute atomic E-state index is 0.0402. The molecule has 34 heavy (non-hydrogen) atoms. The fourth-order valence-electron chi connectivity index (χ4n) is 5.23. The number of rotatable bonds is 7. The molecule has 2 saturated heterocycles. The van der Waals surface area contributed by atoms with Gasteiger partial charge in [0, 0.05) is 39.3 Å². The van der Waals surface area contributed by atoms with Crippen molar-refractivity contribution in [3.63, 3.8) is 0 Å². The summed E-state index contributed by atoms with van der Waals surface area (Å²) in [7, 11) is 0. The Bertz CT molecular complexity index is 1180. The maximum absolute atomic E-state index is 13.5. The zero-order valence-electron chi connectivity index (χ0n) is 19.9. The lowest BCUT2D eigenvalue weighted by Gasteiger charge is -2.39. The number of hydrogen-bond donors (Lipinski definition) is 0. The molecule has 2 aliphatic heterocycles. The highest BCUT2D eigenvalue weighted by molar-refractivity contribution is 7.16. The Morgan fingerprint density at radius 2 is 1.76 bits per heavy atom. The van der Waals surface area contributed by atoms with Gasteiger partial charge in [-0.2, -0.15) is 0 Å². The molecule has 1 aromatic carbocycles. The number of nitrogens with zero attached hydrogens (tertiary/aromatic N) is 5. The number of carbonyl (C=O) groups is 1. The van der Waals surface area contributed by atoms with Gasteiger partial charge in [-0.25, -0.2) is 4.98 Å². The van der Waals surface area contributed by atoms with Crippen molar-refractivity contribution >= 4 is 27.5 Å². The first-order chi connectivity index (χ1) is 16.6. The van der Waals surface area contributed by atoms with E-state index in [0.29, 0.717) is 18.5 Å². The van der Waals surface area contributed by atoms with Crippen LogP contribution >= 0.6 is 11.3 Å². The van der Waals surface area contributed by atoms with E-state index >= 15 is 0 Å². The van der Waals surface area contributed by atoms with Crippen LogP contribution in [0.1, 0.15) is 43.6 Å². The molecule has 5 rings (SSSR count). The van der Waals surface area contributed by atoms with E-state index in [2.05, 4.69) is 28.9 Å². The van der Waals surface area contributed by atoms with Crippen LogP contribution < -0.4 is 5.56 Å². The number of amides is 1. The Morgan fingerprint density at radius 1 is 1.03 bits per heavy atom. The number of benzene rings is 1. The molecule has 2 fully saturated rings. The molecule has 0 N–H and O–H groups in total. The van der Waals surface area contributed by atoms with Crippen molar-refractivity contribution in [2.75, 3.05) is 45.8 Å². The van der Waals surface area contributed by atoms with Crippen LogP contribution in [0.15, 0.2) is 46.6 Å². The quantitative estimate of drug-likeness (QED) is 0.521. The molecular weight excluding hydrogens is 446 g/mol. The van der Waals surface area contributed by atoms with Gasteiger partial charge >= 0.3 is 0 Å². The van der Waals surface area contributed by atoms with E-state index in [4.69, 9.17) is 4.98 Å². The minimum atomic E-state index is 0.0402. The lowest BCUT2D eigenvalue weighted by atomic mass is 10.1. The van der Waals surface area contributed by atoms with Crippen molar-refractivity contribution in [2.45, 2.75) is 38.8 Å². The van der Waals surface area contributed by atoms with Crippen molar-refractivity contribution in [3.8, 4) is 0 Å². The molecule has 4 heterocycles. The molecular formula is C26H33N5O2S. The van der Waals surface area contributed by atoms with Gasteiger partial charge in [0.2, 0.25) is 5.91 Å². The second-order valence-corrected chi connectivity index (χ2v) is 10.2. The summed E-state index contributed by atoms with van der Waals surface area (Å²) in [6.45, 7) is 8.49. The predicted molar refractivity (Wildman–Crippen MR) is 136 cm³/mol. The van der Waals surface area contributed by atoms with Crippen LogP contribution in [0.5, 0.6) is 0 Å². The van der Waals surface area contributed by atoms with Crippen LogP contribution in [0, 0.1) is 0 Å². The highest BCUT2D eigenvalue weighted by Gasteiger charge is 2.29. The lowest BCUT2D eigenvalue weighted by molar-refractivity contribution is -0.131. The molecule has 0 aliphatic carbocycles. The maximum atomic E-state index is 13.5. The average molecular weight is 480 g/mol. The molecule has 8 heteroatoms. The highest BCUT2D eigenvalue weighted by Crippen LogP contribution is 2.27. The van der Waals surface area contributed by atoms with Crippen LogP contribution in [-0.2, 0) is 11.3 Å². The smallest absolute Gasteiger partial charge is 0.262 e. The first kappa shape index (κ1) is 23.2. The van der Waals surface area contributed by atoms with Gasteiger partial charge in [0.1, 0.15) is 10.7 Å². The van der Waals surface area contributed by atoms with Gasteiger partial charge in [-0.15, -0.1) is 11.3 Å². The number of fused-ring (bicyclic) bond motifs is 1. The Balaban J connectivity index is 1.36.